The lowest BCUT2D eigenvalue weighted by atomic mass is 9.77. The summed E-state index contributed by atoms with van der Waals surface area (Å²) in [6.07, 6.45) is 1.41. The van der Waals surface area contributed by atoms with Crippen LogP contribution in [0.3, 0.4) is 0 Å². The Morgan fingerprint density at radius 2 is 1.91 bits per heavy atom. The molecule has 0 spiro atoms. The Labute approximate surface area is 191 Å². The van der Waals surface area contributed by atoms with E-state index in [4.69, 9.17) is 4.74 Å². The minimum absolute atomic E-state index is 0.0501. The van der Waals surface area contributed by atoms with Crippen LogP contribution < -0.4 is 0 Å². The van der Waals surface area contributed by atoms with E-state index in [2.05, 4.69) is 61.2 Å². The van der Waals surface area contributed by atoms with E-state index in [1.165, 1.54) is 16.7 Å². The number of amides is 1. The molecule has 0 bridgehead atoms. The van der Waals surface area contributed by atoms with Gasteiger partial charge < -0.3 is 14.7 Å². The fourth-order valence-corrected chi connectivity index (χ4v) is 5.49. The van der Waals surface area contributed by atoms with Gasteiger partial charge in [0.2, 0.25) is 0 Å². The number of aliphatic hydroxyl groups excluding tert-OH is 1. The third-order valence-electron chi connectivity index (χ3n) is 7.26. The molecule has 0 aromatic heterocycles. The number of nitrogens with zero attached hydrogens (tertiary/aromatic N) is 2. The summed E-state index contributed by atoms with van der Waals surface area (Å²) in [5.74, 6) is 0.612. The fourth-order valence-electron chi connectivity index (χ4n) is 5.49. The number of ether oxygens (including phenoxy) is 1. The molecule has 3 aliphatic heterocycles. The minimum atomic E-state index is -0.558. The van der Waals surface area contributed by atoms with Crippen LogP contribution in [0, 0.1) is 5.92 Å². The van der Waals surface area contributed by atoms with Gasteiger partial charge in [0.05, 0.1) is 19.3 Å². The van der Waals surface area contributed by atoms with Crippen molar-refractivity contribution in [3.05, 3.63) is 70.3 Å². The van der Waals surface area contributed by atoms with Gasteiger partial charge in [-0.1, -0.05) is 50.2 Å². The first kappa shape index (κ1) is 21.6. The minimum Gasteiger partial charge on any atom is -0.390 e. The van der Waals surface area contributed by atoms with Gasteiger partial charge in [0.15, 0.2) is 0 Å². The standard InChI is InChI=1S/C27H34N2O3/c1-27(2)18-29(15-23(30)14-28-10-9-21-5-3-4-6-22(21)13-28)26(31)24-12-19(7-8-25(24)27)11-20-16-32-17-20/h3-8,12,20,23,30H,9-11,13-18H2,1-2H3. The van der Waals surface area contributed by atoms with Gasteiger partial charge in [-0.25, -0.2) is 0 Å². The van der Waals surface area contributed by atoms with Crippen molar-refractivity contribution < 1.29 is 14.6 Å². The quantitative estimate of drug-likeness (QED) is 0.759. The van der Waals surface area contributed by atoms with Crippen LogP contribution in [0.15, 0.2) is 42.5 Å². The van der Waals surface area contributed by atoms with E-state index in [0.29, 0.717) is 25.6 Å². The summed E-state index contributed by atoms with van der Waals surface area (Å²) in [7, 11) is 0. The largest absolute Gasteiger partial charge is 0.390 e. The number of benzene rings is 2. The number of β-amino-alcohol motifs (C(OH)–C–C–N with tert-alkyl or cyclic N) is 1. The van der Waals surface area contributed by atoms with Crippen LogP contribution in [0.5, 0.6) is 0 Å². The van der Waals surface area contributed by atoms with Crippen LogP contribution in [0.25, 0.3) is 0 Å². The summed E-state index contributed by atoms with van der Waals surface area (Å²) in [5, 5.41) is 10.9. The van der Waals surface area contributed by atoms with Crippen molar-refractivity contribution in [1.82, 2.24) is 9.80 Å². The van der Waals surface area contributed by atoms with E-state index in [1.807, 2.05) is 4.90 Å². The number of rotatable bonds is 6. The van der Waals surface area contributed by atoms with E-state index >= 15 is 0 Å². The van der Waals surface area contributed by atoms with Crippen LogP contribution >= 0.6 is 0 Å². The maximum Gasteiger partial charge on any atom is 0.254 e. The Hall–Kier alpha value is -2.21. The molecule has 2 aromatic rings. The summed E-state index contributed by atoms with van der Waals surface area (Å²) >= 11 is 0. The van der Waals surface area contributed by atoms with Crippen molar-refractivity contribution in [3.63, 3.8) is 0 Å². The lowest BCUT2D eigenvalue weighted by Crippen LogP contribution is -2.51. The van der Waals surface area contributed by atoms with Crippen molar-refractivity contribution in [1.29, 1.82) is 0 Å². The first-order valence-electron chi connectivity index (χ1n) is 11.9. The summed E-state index contributed by atoms with van der Waals surface area (Å²) in [4.78, 5) is 17.6. The topological polar surface area (TPSA) is 53.0 Å². The van der Waals surface area contributed by atoms with Gasteiger partial charge in [-0.05, 0) is 41.2 Å². The summed E-state index contributed by atoms with van der Waals surface area (Å²) in [5.41, 5.74) is 5.75. The molecule has 0 saturated carbocycles. The van der Waals surface area contributed by atoms with Crippen LogP contribution in [-0.2, 0) is 29.5 Å². The summed E-state index contributed by atoms with van der Waals surface area (Å²) in [6.45, 7) is 9.43. The third-order valence-corrected chi connectivity index (χ3v) is 7.26. The number of aliphatic hydroxyl groups is 1. The van der Waals surface area contributed by atoms with Crippen molar-refractivity contribution in [3.8, 4) is 0 Å². The fraction of sp³-hybridized carbons (Fsp3) is 0.519. The number of fused-ring (bicyclic) bond motifs is 2. The molecule has 0 aliphatic carbocycles. The smallest absolute Gasteiger partial charge is 0.254 e. The molecular formula is C27H34N2O3. The van der Waals surface area contributed by atoms with Crippen molar-refractivity contribution >= 4 is 5.91 Å². The summed E-state index contributed by atoms with van der Waals surface area (Å²) in [6, 6.07) is 14.9. The molecule has 3 heterocycles. The predicted molar refractivity (Wildman–Crippen MR) is 125 cm³/mol. The van der Waals surface area contributed by atoms with Crippen molar-refractivity contribution in [2.45, 2.75) is 44.8 Å². The molecule has 1 N–H and O–H groups in total. The molecule has 1 fully saturated rings. The Morgan fingerprint density at radius 3 is 2.66 bits per heavy atom. The molecule has 5 nitrogen and oxygen atoms in total. The van der Waals surface area contributed by atoms with E-state index in [-0.39, 0.29) is 11.3 Å². The first-order chi connectivity index (χ1) is 15.4. The molecule has 2 aromatic carbocycles. The number of hydrogen-bond acceptors (Lipinski definition) is 4. The first-order valence-corrected chi connectivity index (χ1v) is 11.9. The zero-order valence-corrected chi connectivity index (χ0v) is 19.2. The van der Waals surface area contributed by atoms with Crippen LogP contribution in [0.2, 0.25) is 0 Å². The molecular weight excluding hydrogens is 400 g/mol. The monoisotopic (exact) mass is 434 g/mol. The maximum atomic E-state index is 13.4. The van der Waals surface area contributed by atoms with E-state index in [1.54, 1.807) is 0 Å². The van der Waals surface area contributed by atoms with Crippen LogP contribution in [0.4, 0.5) is 0 Å². The van der Waals surface area contributed by atoms with Gasteiger partial charge in [-0.2, -0.15) is 0 Å². The maximum absolute atomic E-state index is 13.4. The summed E-state index contributed by atoms with van der Waals surface area (Å²) < 4.78 is 5.31. The molecule has 5 rings (SSSR count). The highest BCUT2D eigenvalue weighted by Gasteiger charge is 2.37. The highest BCUT2D eigenvalue weighted by Crippen LogP contribution is 2.34. The van der Waals surface area contributed by atoms with E-state index in [0.717, 1.165) is 50.3 Å². The molecule has 32 heavy (non-hydrogen) atoms. The van der Waals surface area contributed by atoms with Gasteiger partial charge in [-0.15, -0.1) is 0 Å². The second kappa shape index (κ2) is 8.62. The lowest BCUT2D eigenvalue weighted by Gasteiger charge is -2.41. The number of hydrogen-bond donors (Lipinski definition) is 1. The van der Waals surface area contributed by atoms with Crippen LogP contribution in [-0.4, -0.2) is 66.3 Å². The zero-order chi connectivity index (χ0) is 22.3. The van der Waals surface area contributed by atoms with Crippen LogP contribution in [0.1, 0.15) is 46.5 Å². The van der Waals surface area contributed by atoms with Gasteiger partial charge >= 0.3 is 0 Å². The van der Waals surface area contributed by atoms with Gasteiger partial charge in [0.1, 0.15) is 0 Å². The average molecular weight is 435 g/mol. The Morgan fingerprint density at radius 1 is 1.12 bits per heavy atom. The normalized spacial score (nSPS) is 21.6. The highest BCUT2D eigenvalue weighted by atomic mass is 16.5. The molecule has 1 unspecified atom stereocenters. The highest BCUT2D eigenvalue weighted by molar-refractivity contribution is 5.97. The second-order valence-corrected chi connectivity index (χ2v) is 10.5. The zero-order valence-electron chi connectivity index (χ0n) is 19.2. The van der Waals surface area contributed by atoms with Crippen molar-refractivity contribution in [2.75, 3.05) is 39.4 Å². The Balaban J connectivity index is 1.26. The SMILES string of the molecule is CC1(C)CN(CC(O)CN2CCc3ccccc3C2)C(=O)c2cc(CC3COC3)ccc21. The molecule has 170 valence electrons. The average Bonchev–Trinajstić information content (AvgIpc) is 2.74. The van der Waals surface area contributed by atoms with Gasteiger partial charge in [0, 0.05) is 49.6 Å². The lowest BCUT2D eigenvalue weighted by molar-refractivity contribution is -0.0312. The van der Waals surface area contributed by atoms with E-state index < -0.39 is 6.10 Å². The molecule has 5 heteroatoms. The van der Waals surface area contributed by atoms with E-state index in [9.17, 15) is 9.90 Å². The second-order valence-electron chi connectivity index (χ2n) is 10.5. The predicted octanol–water partition coefficient (Wildman–Crippen LogP) is 3.03. The molecule has 3 aliphatic rings. The molecule has 1 atom stereocenters. The van der Waals surface area contributed by atoms with Gasteiger partial charge in [-0.3, -0.25) is 9.69 Å². The number of carbonyl (C=O) groups excluding carboxylic acids is 1. The Kier molecular flexibility index (Phi) is 5.82. The molecule has 0 radical (unpaired) electrons. The third kappa shape index (κ3) is 4.34. The van der Waals surface area contributed by atoms with Gasteiger partial charge in [0.25, 0.3) is 5.91 Å². The number of carbonyl (C=O) groups is 1. The molecule has 1 saturated heterocycles. The van der Waals surface area contributed by atoms with Crippen molar-refractivity contribution in [2.24, 2.45) is 5.92 Å². The molecule has 1 amide bonds. The Bertz CT molecular complexity index is 998.